The maximum atomic E-state index is 12.4. The molecule has 1 saturated heterocycles. The first-order valence-corrected chi connectivity index (χ1v) is 17.3. The van der Waals surface area contributed by atoms with Crippen molar-refractivity contribution < 1.29 is 49.0 Å². The van der Waals surface area contributed by atoms with Crippen molar-refractivity contribution >= 4 is 11.9 Å². The molecule has 4 N–H and O–H groups in total. The fourth-order valence-corrected chi connectivity index (χ4v) is 5.12. The van der Waals surface area contributed by atoms with E-state index in [0.29, 0.717) is 6.42 Å². The highest BCUT2D eigenvalue weighted by Gasteiger charge is 2.44. The summed E-state index contributed by atoms with van der Waals surface area (Å²) in [4.78, 5) is 23.7. The molecular formula is C35H62O10. The molecule has 1 fully saturated rings. The minimum Gasteiger partial charge on any atom is -0.462 e. The van der Waals surface area contributed by atoms with E-state index in [2.05, 4.69) is 31.2 Å². The third-order valence-corrected chi connectivity index (χ3v) is 7.90. The molecule has 1 aliphatic rings. The van der Waals surface area contributed by atoms with E-state index in [9.17, 15) is 30.0 Å². The van der Waals surface area contributed by atoms with Crippen molar-refractivity contribution in [1.29, 1.82) is 0 Å². The number of aliphatic hydroxyl groups excluding tert-OH is 4. The van der Waals surface area contributed by atoms with Crippen molar-refractivity contribution in [3.63, 3.8) is 0 Å². The molecule has 0 aromatic rings. The highest BCUT2D eigenvalue weighted by atomic mass is 16.7. The number of rotatable bonds is 27. The fourth-order valence-electron chi connectivity index (χ4n) is 5.12. The van der Waals surface area contributed by atoms with Gasteiger partial charge in [0.15, 0.2) is 12.4 Å². The zero-order chi connectivity index (χ0) is 33.1. The monoisotopic (exact) mass is 642 g/mol. The normalized spacial score (nSPS) is 22.7. The number of ether oxygens (including phenoxy) is 4. The minimum absolute atomic E-state index is 0.221. The van der Waals surface area contributed by atoms with Gasteiger partial charge in [0.2, 0.25) is 0 Å². The maximum Gasteiger partial charge on any atom is 0.306 e. The largest absolute Gasteiger partial charge is 0.462 e. The zero-order valence-corrected chi connectivity index (χ0v) is 27.9. The molecule has 0 bridgehead atoms. The van der Waals surface area contributed by atoms with E-state index in [1.54, 1.807) is 0 Å². The summed E-state index contributed by atoms with van der Waals surface area (Å²) >= 11 is 0. The second-order valence-electron chi connectivity index (χ2n) is 12.0. The molecule has 1 heterocycles. The molecule has 6 unspecified atom stereocenters. The highest BCUT2D eigenvalue weighted by molar-refractivity contribution is 5.69. The predicted octanol–water partition coefficient (Wildman–Crippen LogP) is 5.43. The third kappa shape index (κ3) is 20.8. The van der Waals surface area contributed by atoms with Crippen LogP contribution in [0, 0.1) is 0 Å². The average molecular weight is 643 g/mol. The summed E-state index contributed by atoms with van der Waals surface area (Å²) in [5.41, 5.74) is 0. The van der Waals surface area contributed by atoms with Gasteiger partial charge in [-0.2, -0.15) is 0 Å². The summed E-state index contributed by atoms with van der Waals surface area (Å²) < 4.78 is 21.2. The van der Waals surface area contributed by atoms with E-state index in [0.717, 1.165) is 32.1 Å². The van der Waals surface area contributed by atoms with Gasteiger partial charge in [0.25, 0.3) is 0 Å². The van der Waals surface area contributed by atoms with Gasteiger partial charge in [0.1, 0.15) is 31.0 Å². The fraction of sp³-hybridized carbons (Fsp3) is 0.829. The predicted molar refractivity (Wildman–Crippen MR) is 173 cm³/mol. The topological polar surface area (TPSA) is 152 Å². The molecule has 6 atom stereocenters. The Labute approximate surface area is 271 Å². The van der Waals surface area contributed by atoms with Crippen LogP contribution >= 0.6 is 0 Å². The van der Waals surface area contributed by atoms with Gasteiger partial charge in [0.05, 0.1) is 13.2 Å². The second-order valence-corrected chi connectivity index (χ2v) is 12.0. The Hall–Kier alpha value is -1.82. The lowest BCUT2D eigenvalue weighted by Gasteiger charge is -2.39. The van der Waals surface area contributed by atoms with Gasteiger partial charge in [-0.3, -0.25) is 9.59 Å². The molecule has 10 nitrogen and oxygen atoms in total. The number of hydrogen-bond donors (Lipinski definition) is 4. The molecule has 0 saturated carbocycles. The Morgan fingerprint density at radius 3 is 1.84 bits per heavy atom. The molecule has 0 aliphatic carbocycles. The average Bonchev–Trinajstić information content (AvgIpc) is 3.02. The van der Waals surface area contributed by atoms with Crippen LogP contribution in [0.15, 0.2) is 24.3 Å². The number of allylic oxidation sites excluding steroid dienone is 4. The van der Waals surface area contributed by atoms with Crippen LogP contribution in [0.5, 0.6) is 0 Å². The number of aliphatic hydroxyl groups is 4. The molecule has 0 aromatic carbocycles. The summed E-state index contributed by atoms with van der Waals surface area (Å²) in [5.74, 6) is -1.00. The first kappa shape index (κ1) is 41.2. The number of unbranched alkanes of at least 4 members (excludes halogenated alkanes) is 14. The van der Waals surface area contributed by atoms with Crippen molar-refractivity contribution in [3.05, 3.63) is 24.3 Å². The van der Waals surface area contributed by atoms with Crippen molar-refractivity contribution in [1.82, 2.24) is 0 Å². The van der Waals surface area contributed by atoms with Crippen LogP contribution in [-0.4, -0.2) is 89.0 Å². The first-order chi connectivity index (χ1) is 21.8. The molecule has 262 valence electrons. The van der Waals surface area contributed by atoms with Gasteiger partial charge in [0, 0.05) is 13.3 Å². The van der Waals surface area contributed by atoms with Crippen LogP contribution in [0.4, 0.5) is 0 Å². The molecule has 0 radical (unpaired) electrons. The standard InChI is InChI=1S/C35H62O10/c1-3-4-5-6-7-8-9-10-11-12-13-14-15-16-17-18-19-20-21-22-23-24-31(38)44-29(26-42-28(2)37)27-43-35-34(41)33(40)32(39)30(25-36)45-35/h9-10,12-13,29-30,32-36,39-41H,3-8,11,14-27H2,1-2H3/b10-9-,13-12-. The molecule has 0 aromatic heterocycles. The number of esters is 2. The SMILES string of the molecule is CCCCCCC/C=C\C/C=C\CCCCCCCCCCCC(=O)OC(COC(C)=O)COC1OC(CO)C(O)C(O)C1O. The van der Waals surface area contributed by atoms with Crippen LogP contribution in [0.25, 0.3) is 0 Å². The van der Waals surface area contributed by atoms with Crippen molar-refractivity contribution in [2.75, 3.05) is 19.8 Å². The Morgan fingerprint density at radius 1 is 0.733 bits per heavy atom. The van der Waals surface area contributed by atoms with Crippen molar-refractivity contribution in [2.24, 2.45) is 0 Å². The quantitative estimate of drug-likeness (QED) is 0.0518. The molecule has 1 rings (SSSR count). The summed E-state index contributed by atoms with van der Waals surface area (Å²) in [6, 6.07) is 0. The van der Waals surface area contributed by atoms with Crippen molar-refractivity contribution in [2.45, 2.75) is 166 Å². The lowest BCUT2D eigenvalue weighted by atomic mass is 9.99. The smallest absolute Gasteiger partial charge is 0.306 e. The van der Waals surface area contributed by atoms with Gasteiger partial charge in [-0.05, 0) is 38.5 Å². The van der Waals surface area contributed by atoms with E-state index in [1.807, 2.05) is 0 Å². The van der Waals surface area contributed by atoms with Crippen LogP contribution < -0.4 is 0 Å². The molecule has 10 heteroatoms. The summed E-state index contributed by atoms with van der Waals surface area (Å²) in [7, 11) is 0. The van der Waals surface area contributed by atoms with Gasteiger partial charge >= 0.3 is 11.9 Å². The Balaban J connectivity index is 2.09. The van der Waals surface area contributed by atoms with Crippen LogP contribution in [0.3, 0.4) is 0 Å². The van der Waals surface area contributed by atoms with Crippen LogP contribution in [0.1, 0.15) is 129 Å². The molecular weight excluding hydrogens is 580 g/mol. The van der Waals surface area contributed by atoms with E-state index in [1.165, 1.54) is 77.6 Å². The van der Waals surface area contributed by atoms with E-state index < -0.39 is 55.4 Å². The molecule has 45 heavy (non-hydrogen) atoms. The van der Waals surface area contributed by atoms with Crippen LogP contribution in [0.2, 0.25) is 0 Å². The summed E-state index contributed by atoms with van der Waals surface area (Å²) in [5, 5.41) is 39.3. The van der Waals surface area contributed by atoms with Gasteiger partial charge < -0.3 is 39.4 Å². The second kappa shape index (κ2) is 27.3. The highest BCUT2D eigenvalue weighted by Crippen LogP contribution is 2.22. The minimum atomic E-state index is -1.59. The lowest BCUT2D eigenvalue weighted by molar-refractivity contribution is -0.305. The van der Waals surface area contributed by atoms with Crippen LogP contribution in [-0.2, 0) is 28.5 Å². The molecule has 1 aliphatic heterocycles. The van der Waals surface area contributed by atoms with Gasteiger partial charge in [-0.1, -0.05) is 102 Å². The third-order valence-electron chi connectivity index (χ3n) is 7.90. The Morgan fingerprint density at radius 2 is 1.29 bits per heavy atom. The number of carbonyl (C=O) groups excluding carboxylic acids is 2. The van der Waals surface area contributed by atoms with Crippen molar-refractivity contribution in [3.8, 4) is 0 Å². The Bertz CT molecular complexity index is 799. The number of hydrogen-bond acceptors (Lipinski definition) is 10. The zero-order valence-electron chi connectivity index (χ0n) is 27.9. The van der Waals surface area contributed by atoms with E-state index in [4.69, 9.17) is 18.9 Å². The maximum absolute atomic E-state index is 12.4. The Kier molecular flexibility index (Phi) is 25.0. The lowest BCUT2D eigenvalue weighted by Crippen LogP contribution is -2.59. The summed E-state index contributed by atoms with van der Waals surface area (Å²) in [6.45, 7) is 2.36. The van der Waals surface area contributed by atoms with E-state index >= 15 is 0 Å². The number of carbonyl (C=O) groups is 2. The van der Waals surface area contributed by atoms with Gasteiger partial charge in [-0.25, -0.2) is 0 Å². The molecule has 0 spiro atoms. The molecule has 0 amide bonds. The van der Waals surface area contributed by atoms with E-state index in [-0.39, 0.29) is 19.6 Å². The summed E-state index contributed by atoms with van der Waals surface area (Å²) in [6.07, 6.45) is 21.4. The van der Waals surface area contributed by atoms with Gasteiger partial charge in [-0.15, -0.1) is 0 Å². The first-order valence-electron chi connectivity index (χ1n) is 17.3.